The van der Waals surface area contributed by atoms with Gasteiger partial charge in [-0.15, -0.1) is 0 Å². The third-order valence-electron chi connectivity index (χ3n) is 6.05. The zero-order valence-corrected chi connectivity index (χ0v) is 23.4. The van der Waals surface area contributed by atoms with E-state index in [-0.39, 0.29) is 32.8 Å². The van der Waals surface area contributed by atoms with Crippen LogP contribution in [0.4, 0.5) is 0 Å². The first-order valence-corrected chi connectivity index (χ1v) is 14.1. The van der Waals surface area contributed by atoms with Crippen molar-refractivity contribution in [3.05, 3.63) is 0 Å². The molecule has 0 aromatic rings. The first-order chi connectivity index (χ1) is 17.4. The Morgan fingerprint density at radius 1 is 0.500 bits per heavy atom. The van der Waals surface area contributed by atoms with Crippen molar-refractivity contribution in [1.82, 2.24) is 0 Å². The summed E-state index contributed by atoms with van der Waals surface area (Å²) in [4.78, 5) is 54.3. The third kappa shape index (κ3) is 11.3. The van der Waals surface area contributed by atoms with Crippen molar-refractivity contribution in [2.75, 3.05) is 26.4 Å². The summed E-state index contributed by atoms with van der Waals surface area (Å²) in [5.74, 6) is -5.43. The van der Waals surface area contributed by atoms with Gasteiger partial charge in [-0.2, -0.15) is 0 Å². The van der Waals surface area contributed by atoms with Gasteiger partial charge in [0.1, 0.15) is 0 Å². The van der Waals surface area contributed by atoms with Crippen LogP contribution in [0.25, 0.3) is 0 Å². The van der Waals surface area contributed by atoms with Gasteiger partial charge in [0.2, 0.25) is 0 Å². The average Bonchev–Trinajstić information content (AvgIpc) is 2.86. The SMILES string of the molecule is CCCCCCC(C(=O)OCCCC)C(C(=O)OCCCC)(C(=O)OCCCC)C(=O)OCCCC. The first kappa shape index (κ1) is 33.9. The molecule has 0 aliphatic heterocycles. The number of unbranched alkanes of at least 4 members (excludes halogenated alkanes) is 7. The Morgan fingerprint density at radius 3 is 1.22 bits per heavy atom. The third-order valence-corrected chi connectivity index (χ3v) is 6.05. The maximum absolute atomic E-state index is 13.6. The van der Waals surface area contributed by atoms with Crippen LogP contribution in [0.15, 0.2) is 0 Å². The van der Waals surface area contributed by atoms with Crippen LogP contribution in [0.3, 0.4) is 0 Å². The van der Waals surface area contributed by atoms with Gasteiger partial charge >= 0.3 is 23.9 Å². The highest BCUT2D eigenvalue weighted by Gasteiger charge is 2.65. The van der Waals surface area contributed by atoms with Gasteiger partial charge in [0.25, 0.3) is 5.41 Å². The number of ether oxygens (including phenoxy) is 4. The zero-order valence-electron chi connectivity index (χ0n) is 23.4. The van der Waals surface area contributed by atoms with Crippen molar-refractivity contribution in [2.45, 2.75) is 118 Å². The van der Waals surface area contributed by atoms with Gasteiger partial charge in [-0.05, 0) is 32.1 Å². The van der Waals surface area contributed by atoms with Crippen LogP contribution in [-0.4, -0.2) is 50.3 Å². The molecule has 8 nitrogen and oxygen atoms in total. The van der Waals surface area contributed by atoms with Crippen molar-refractivity contribution in [3.8, 4) is 0 Å². The number of esters is 4. The lowest BCUT2D eigenvalue weighted by Crippen LogP contribution is -2.57. The molecule has 1 unspecified atom stereocenters. The molecule has 0 spiro atoms. The molecular formula is C28H50O8. The molecule has 0 fully saturated rings. The summed E-state index contributed by atoms with van der Waals surface area (Å²) in [5.41, 5.74) is -2.55. The topological polar surface area (TPSA) is 105 Å². The molecular weight excluding hydrogens is 464 g/mol. The van der Waals surface area contributed by atoms with E-state index in [4.69, 9.17) is 18.9 Å². The van der Waals surface area contributed by atoms with E-state index < -0.39 is 35.2 Å². The standard InChI is InChI=1S/C28H50O8/c1-6-11-16-17-18-23(24(29)33-19-12-7-2)28(25(30)34-20-13-8-3,26(31)35-21-14-9-4)27(32)36-22-15-10-5/h23H,6-22H2,1-5H3. The Bertz CT molecular complexity index is 576. The van der Waals surface area contributed by atoms with Crippen molar-refractivity contribution in [1.29, 1.82) is 0 Å². The summed E-state index contributed by atoms with van der Waals surface area (Å²) < 4.78 is 21.8. The molecule has 0 heterocycles. The normalized spacial score (nSPS) is 12.0. The molecule has 0 bridgehead atoms. The molecule has 36 heavy (non-hydrogen) atoms. The Morgan fingerprint density at radius 2 is 0.861 bits per heavy atom. The quantitative estimate of drug-likeness (QED) is 0.0757. The molecule has 8 heteroatoms. The fourth-order valence-electron chi connectivity index (χ4n) is 3.65. The second-order valence-electron chi connectivity index (χ2n) is 9.20. The van der Waals surface area contributed by atoms with E-state index >= 15 is 0 Å². The first-order valence-electron chi connectivity index (χ1n) is 14.1. The monoisotopic (exact) mass is 514 g/mol. The molecule has 0 rings (SSSR count). The number of carbonyl (C=O) groups is 4. The zero-order chi connectivity index (χ0) is 27.2. The van der Waals surface area contributed by atoms with Crippen LogP contribution >= 0.6 is 0 Å². The number of rotatable bonds is 22. The van der Waals surface area contributed by atoms with Crippen LogP contribution in [-0.2, 0) is 38.1 Å². The van der Waals surface area contributed by atoms with Crippen molar-refractivity contribution in [2.24, 2.45) is 11.3 Å². The summed E-state index contributed by atoms with van der Waals surface area (Å²) >= 11 is 0. The van der Waals surface area contributed by atoms with Gasteiger partial charge in [0.05, 0.1) is 32.3 Å². The van der Waals surface area contributed by atoms with Crippen molar-refractivity contribution in [3.63, 3.8) is 0 Å². The lowest BCUT2D eigenvalue weighted by atomic mass is 9.72. The minimum absolute atomic E-state index is 0.0228. The van der Waals surface area contributed by atoms with Crippen molar-refractivity contribution < 1.29 is 38.1 Å². The number of carbonyl (C=O) groups excluding carboxylic acids is 4. The predicted molar refractivity (Wildman–Crippen MR) is 138 cm³/mol. The Kier molecular flexibility index (Phi) is 19.8. The van der Waals surface area contributed by atoms with Crippen LogP contribution < -0.4 is 0 Å². The Balaban J connectivity index is 6.54. The van der Waals surface area contributed by atoms with Gasteiger partial charge < -0.3 is 18.9 Å². The largest absolute Gasteiger partial charge is 0.465 e. The number of hydrogen-bond acceptors (Lipinski definition) is 8. The van der Waals surface area contributed by atoms with E-state index in [9.17, 15) is 19.2 Å². The molecule has 0 aromatic heterocycles. The minimum Gasteiger partial charge on any atom is -0.465 e. The minimum atomic E-state index is -2.55. The molecule has 0 radical (unpaired) electrons. The molecule has 0 amide bonds. The Hall–Kier alpha value is -2.12. The van der Waals surface area contributed by atoms with Gasteiger partial charge in [-0.1, -0.05) is 86.0 Å². The van der Waals surface area contributed by atoms with E-state index in [0.29, 0.717) is 32.1 Å². The molecule has 0 aliphatic carbocycles. The predicted octanol–water partition coefficient (Wildman–Crippen LogP) is 5.93. The number of hydrogen-bond donors (Lipinski definition) is 0. The molecule has 0 aliphatic rings. The molecule has 0 N–H and O–H groups in total. The second-order valence-corrected chi connectivity index (χ2v) is 9.20. The lowest BCUT2D eigenvalue weighted by molar-refractivity contribution is -0.195. The van der Waals surface area contributed by atoms with Crippen LogP contribution in [0.5, 0.6) is 0 Å². The fourth-order valence-corrected chi connectivity index (χ4v) is 3.65. The van der Waals surface area contributed by atoms with Crippen LogP contribution in [0.2, 0.25) is 0 Å². The van der Waals surface area contributed by atoms with Gasteiger partial charge in [-0.3, -0.25) is 19.2 Å². The van der Waals surface area contributed by atoms with E-state index in [1.165, 1.54) is 0 Å². The maximum atomic E-state index is 13.6. The highest BCUT2D eigenvalue weighted by molar-refractivity contribution is 6.20. The van der Waals surface area contributed by atoms with Gasteiger partial charge in [-0.25, -0.2) is 0 Å². The summed E-state index contributed by atoms with van der Waals surface area (Å²) in [7, 11) is 0. The van der Waals surface area contributed by atoms with E-state index in [1.54, 1.807) is 0 Å². The molecule has 210 valence electrons. The highest BCUT2D eigenvalue weighted by atomic mass is 16.6. The molecule has 0 saturated carbocycles. The van der Waals surface area contributed by atoms with E-state index in [2.05, 4.69) is 6.92 Å². The fraction of sp³-hybridized carbons (Fsp3) is 0.857. The maximum Gasteiger partial charge on any atom is 0.336 e. The molecule has 0 saturated heterocycles. The van der Waals surface area contributed by atoms with Gasteiger partial charge in [0, 0.05) is 0 Å². The summed E-state index contributed by atoms with van der Waals surface area (Å²) in [6.07, 6.45) is 8.67. The van der Waals surface area contributed by atoms with Crippen LogP contribution in [0, 0.1) is 11.3 Å². The van der Waals surface area contributed by atoms with Crippen LogP contribution in [0.1, 0.15) is 118 Å². The lowest BCUT2D eigenvalue weighted by Gasteiger charge is -2.33. The highest BCUT2D eigenvalue weighted by Crippen LogP contribution is 2.38. The Labute approximate surface area is 218 Å². The van der Waals surface area contributed by atoms with E-state index in [0.717, 1.165) is 44.9 Å². The average molecular weight is 515 g/mol. The molecule has 1 atom stereocenters. The summed E-state index contributed by atoms with van der Waals surface area (Å²) in [5, 5.41) is 0. The van der Waals surface area contributed by atoms with Gasteiger partial charge in [0.15, 0.2) is 0 Å². The summed E-state index contributed by atoms with van der Waals surface area (Å²) in [6, 6.07) is 0. The molecule has 0 aromatic carbocycles. The smallest absolute Gasteiger partial charge is 0.336 e. The van der Waals surface area contributed by atoms with E-state index in [1.807, 2.05) is 27.7 Å². The second kappa shape index (κ2) is 21.0. The van der Waals surface area contributed by atoms with Crippen molar-refractivity contribution >= 4 is 23.9 Å². The summed E-state index contributed by atoms with van der Waals surface area (Å²) in [6.45, 7) is 10.0.